The number of nitrogens with two attached hydrogens (primary N) is 1. The highest BCUT2D eigenvalue weighted by molar-refractivity contribution is 5.27. The number of nitrogens with zero attached hydrogens (tertiary/aromatic N) is 3. The topological polar surface area (TPSA) is 68.2 Å². The predicted molar refractivity (Wildman–Crippen MR) is 55.3 cm³/mol. The molecule has 0 saturated carbocycles. The quantitative estimate of drug-likeness (QED) is 0.763. The molecule has 1 atom stereocenters. The predicted octanol–water partition coefficient (Wildman–Crippen LogP) is 0.978. The smallest absolute Gasteiger partial charge is 0.266 e. The van der Waals surface area contributed by atoms with Gasteiger partial charge in [0.15, 0.2) is 0 Å². The van der Waals surface area contributed by atoms with Crippen LogP contribution in [0.3, 0.4) is 0 Å². The molecule has 0 bridgehead atoms. The summed E-state index contributed by atoms with van der Waals surface area (Å²) < 4.78 is 5.12. The minimum Gasteiger partial charge on any atom is -0.339 e. The molecule has 2 N–H and O–H groups in total. The van der Waals surface area contributed by atoms with E-state index in [1.54, 1.807) is 0 Å². The lowest BCUT2D eigenvalue weighted by Crippen LogP contribution is -2.23. The van der Waals surface area contributed by atoms with E-state index in [4.69, 9.17) is 10.3 Å². The average Bonchev–Trinajstić information content (AvgIpc) is 2.68. The van der Waals surface area contributed by atoms with E-state index in [1.807, 2.05) is 11.8 Å². The number of aromatic nitrogens is 2. The molecule has 0 saturated heterocycles. The zero-order chi connectivity index (χ0) is 10.6. The van der Waals surface area contributed by atoms with Gasteiger partial charge in [0.25, 0.3) is 5.95 Å². The second-order valence-electron chi connectivity index (χ2n) is 3.24. The third-order valence-electron chi connectivity index (χ3n) is 2.25. The van der Waals surface area contributed by atoms with Gasteiger partial charge in [-0.05, 0) is 19.0 Å². The van der Waals surface area contributed by atoms with E-state index in [-0.39, 0.29) is 5.92 Å². The zero-order valence-corrected chi connectivity index (χ0v) is 9.03. The maximum Gasteiger partial charge on any atom is 0.266 e. The lowest BCUT2D eigenvalue weighted by atomic mass is 10.2. The molecule has 1 aromatic rings. The lowest BCUT2D eigenvalue weighted by molar-refractivity contribution is 0.360. The Kier molecular flexibility index (Phi) is 3.88. The van der Waals surface area contributed by atoms with Crippen molar-refractivity contribution in [1.82, 2.24) is 10.1 Å². The highest BCUT2D eigenvalue weighted by atomic mass is 16.5. The summed E-state index contributed by atoms with van der Waals surface area (Å²) in [6.07, 6.45) is 0. The Morgan fingerprint density at radius 3 is 2.57 bits per heavy atom. The first-order valence-electron chi connectivity index (χ1n) is 5.01. The van der Waals surface area contributed by atoms with Gasteiger partial charge in [0.2, 0.25) is 5.89 Å². The summed E-state index contributed by atoms with van der Waals surface area (Å²) in [5.41, 5.74) is 5.51. The third kappa shape index (κ3) is 2.23. The number of hydrogen-bond acceptors (Lipinski definition) is 5. The van der Waals surface area contributed by atoms with Crippen molar-refractivity contribution in [3.63, 3.8) is 0 Å². The van der Waals surface area contributed by atoms with Crippen molar-refractivity contribution < 1.29 is 4.52 Å². The summed E-state index contributed by atoms with van der Waals surface area (Å²) >= 11 is 0. The molecular formula is C9H18N4O. The van der Waals surface area contributed by atoms with Crippen molar-refractivity contribution in [2.75, 3.05) is 24.5 Å². The largest absolute Gasteiger partial charge is 0.339 e. The fraction of sp³-hybridized carbons (Fsp3) is 0.778. The van der Waals surface area contributed by atoms with Crippen molar-refractivity contribution in [2.45, 2.75) is 26.7 Å². The molecule has 1 unspecified atom stereocenters. The number of anilines is 1. The summed E-state index contributed by atoms with van der Waals surface area (Å²) in [4.78, 5) is 6.33. The van der Waals surface area contributed by atoms with Gasteiger partial charge in [-0.3, -0.25) is 0 Å². The van der Waals surface area contributed by atoms with E-state index in [1.165, 1.54) is 0 Å². The Bertz CT molecular complexity index is 270. The van der Waals surface area contributed by atoms with Crippen molar-refractivity contribution in [3.8, 4) is 0 Å². The molecule has 0 aliphatic heterocycles. The van der Waals surface area contributed by atoms with E-state index in [9.17, 15) is 0 Å². The Morgan fingerprint density at radius 2 is 2.07 bits per heavy atom. The first kappa shape index (κ1) is 11.0. The van der Waals surface area contributed by atoms with Crippen LogP contribution in [0.2, 0.25) is 0 Å². The van der Waals surface area contributed by atoms with Crippen LogP contribution in [0.25, 0.3) is 0 Å². The standard InChI is InChI=1S/C9H18N4O/c1-4-13(5-2)9-11-8(14-12-9)7(3)6-10/h7H,4-6,10H2,1-3H3. The highest BCUT2D eigenvalue weighted by Gasteiger charge is 2.15. The van der Waals surface area contributed by atoms with Gasteiger partial charge in [0.1, 0.15) is 0 Å². The van der Waals surface area contributed by atoms with Gasteiger partial charge in [0, 0.05) is 25.6 Å². The molecule has 0 aliphatic rings. The molecule has 1 aromatic heterocycles. The first-order chi connectivity index (χ1) is 6.72. The Morgan fingerprint density at radius 1 is 1.43 bits per heavy atom. The molecule has 0 radical (unpaired) electrons. The van der Waals surface area contributed by atoms with Crippen molar-refractivity contribution in [1.29, 1.82) is 0 Å². The molecule has 1 heterocycles. The summed E-state index contributed by atoms with van der Waals surface area (Å²) in [7, 11) is 0. The highest BCUT2D eigenvalue weighted by Crippen LogP contribution is 2.15. The first-order valence-corrected chi connectivity index (χ1v) is 5.01. The van der Waals surface area contributed by atoms with Crippen LogP contribution >= 0.6 is 0 Å². The van der Waals surface area contributed by atoms with Gasteiger partial charge < -0.3 is 15.2 Å². The number of rotatable bonds is 5. The molecule has 5 heteroatoms. The summed E-state index contributed by atoms with van der Waals surface area (Å²) in [5.74, 6) is 1.41. The van der Waals surface area contributed by atoms with Crippen LogP contribution in [-0.2, 0) is 0 Å². The van der Waals surface area contributed by atoms with Crippen molar-refractivity contribution >= 4 is 5.95 Å². The monoisotopic (exact) mass is 198 g/mol. The minimum absolute atomic E-state index is 0.131. The second-order valence-corrected chi connectivity index (χ2v) is 3.24. The summed E-state index contributed by atoms with van der Waals surface area (Å²) in [6.45, 7) is 8.39. The molecule has 0 fully saturated rings. The molecular weight excluding hydrogens is 180 g/mol. The minimum atomic E-state index is 0.131. The van der Waals surface area contributed by atoms with E-state index in [0.717, 1.165) is 13.1 Å². The van der Waals surface area contributed by atoms with Crippen LogP contribution in [0.5, 0.6) is 0 Å². The van der Waals surface area contributed by atoms with Crippen LogP contribution < -0.4 is 10.6 Å². The van der Waals surface area contributed by atoms with Crippen molar-refractivity contribution in [3.05, 3.63) is 5.89 Å². The second kappa shape index (κ2) is 4.95. The van der Waals surface area contributed by atoms with Crippen LogP contribution in [0.1, 0.15) is 32.6 Å². The Labute approximate surface area is 84.3 Å². The Balaban J connectivity index is 2.76. The maximum atomic E-state index is 5.51. The van der Waals surface area contributed by atoms with Crippen LogP contribution in [0.4, 0.5) is 5.95 Å². The van der Waals surface area contributed by atoms with Crippen LogP contribution in [0, 0.1) is 0 Å². The number of hydrogen-bond donors (Lipinski definition) is 1. The lowest BCUT2D eigenvalue weighted by Gasteiger charge is -2.14. The zero-order valence-electron chi connectivity index (χ0n) is 9.03. The van der Waals surface area contributed by atoms with Crippen molar-refractivity contribution in [2.24, 2.45) is 5.73 Å². The Hall–Kier alpha value is -1.10. The molecule has 0 aliphatic carbocycles. The van der Waals surface area contributed by atoms with Gasteiger partial charge >= 0.3 is 0 Å². The summed E-state index contributed by atoms with van der Waals surface area (Å²) in [6, 6.07) is 0. The van der Waals surface area contributed by atoms with E-state index in [0.29, 0.717) is 18.4 Å². The molecule has 80 valence electrons. The van der Waals surface area contributed by atoms with Gasteiger partial charge in [-0.1, -0.05) is 6.92 Å². The van der Waals surface area contributed by atoms with Gasteiger partial charge in [-0.25, -0.2) is 0 Å². The normalized spacial score (nSPS) is 12.9. The van der Waals surface area contributed by atoms with Crippen LogP contribution in [0.15, 0.2) is 4.52 Å². The van der Waals surface area contributed by atoms with E-state index < -0.39 is 0 Å². The molecule has 0 spiro atoms. The summed E-state index contributed by atoms with van der Waals surface area (Å²) in [5, 5.41) is 3.91. The molecule has 1 rings (SSSR count). The van der Waals surface area contributed by atoms with Gasteiger partial charge in [-0.15, -0.1) is 0 Å². The van der Waals surface area contributed by atoms with E-state index >= 15 is 0 Å². The molecule has 14 heavy (non-hydrogen) atoms. The molecule has 0 amide bonds. The van der Waals surface area contributed by atoms with E-state index in [2.05, 4.69) is 24.0 Å². The third-order valence-corrected chi connectivity index (χ3v) is 2.25. The SMILES string of the molecule is CCN(CC)c1noc(C(C)CN)n1. The average molecular weight is 198 g/mol. The fourth-order valence-corrected chi connectivity index (χ4v) is 1.16. The van der Waals surface area contributed by atoms with Gasteiger partial charge in [-0.2, -0.15) is 4.98 Å². The van der Waals surface area contributed by atoms with Crippen LogP contribution in [-0.4, -0.2) is 29.8 Å². The molecule has 0 aromatic carbocycles. The maximum absolute atomic E-state index is 5.51. The molecule has 5 nitrogen and oxygen atoms in total. The fourth-order valence-electron chi connectivity index (χ4n) is 1.16. The van der Waals surface area contributed by atoms with Gasteiger partial charge in [0.05, 0.1) is 0 Å².